The summed E-state index contributed by atoms with van der Waals surface area (Å²) in [7, 11) is 0. The van der Waals surface area contributed by atoms with Crippen LogP contribution in [0, 0.1) is 5.82 Å². The van der Waals surface area contributed by atoms with Gasteiger partial charge < -0.3 is 15.6 Å². The average molecular weight is 374 g/mol. The van der Waals surface area contributed by atoms with E-state index in [1.807, 2.05) is 12.1 Å². The molecule has 4 rings (SSSR count). The second-order valence-electron chi connectivity index (χ2n) is 6.12. The Kier molecular flexibility index (Phi) is 4.55. The number of nitrogens with zero attached hydrogens (tertiary/aromatic N) is 1. The number of halogens is 1. The highest BCUT2D eigenvalue weighted by atomic mass is 19.1. The molecule has 0 fully saturated rings. The van der Waals surface area contributed by atoms with E-state index in [2.05, 4.69) is 20.6 Å². The van der Waals surface area contributed by atoms with Gasteiger partial charge >= 0.3 is 0 Å². The molecule has 2 amide bonds. The van der Waals surface area contributed by atoms with Gasteiger partial charge in [-0.1, -0.05) is 0 Å². The number of aromatic amines is 1. The van der Waals surface area contributed by atoms with Gasteiger partial charge in [-0.3, -0.25) is 9.59 Å². The highest BCUT2D eigenvalue weighted by molar-refractivity contribution is 6.06. The van der Waals surface area contributed by atoms with E-state index in [9.17, 15) is 14.0 Å². The van der Waals surface area contributed by atoms with E-state index in [-0.39, 0.29) is 11.7 Å². The van der Waals surface area contributed by atoms with Crippen molar-refractivity contribution in [3.63, 3.8) is 0 Å². The lowest BCUT2D eigenvalue weighted by Gasteiger charge is -2.05. The number of nitrogens with one attached hydrogen (secondary N) is 3. The van der Waals surface area contributed by atoms with Crippen LogP contribution in [0.25, 0.3) is 22.4 Å². The fraction of sp³-hybridized carbons (Fsp3) is 0. The van der Waals surface area contributed by atoms with Gasteiger partial charge in [-0.15, -0.1) is 0 Å². The second kappa shape index (κ2) is 7.32. The van der Waals surface area contributed by atoms with Crippen LogP contribution in [0.4, 0.5) is 15.8 Å². The maximum atomic E-state index is 13.0. The standard InChI is InChI=1S/C21H15FN4O2/c22-15-4-8-17(9-5-15)24-21(28)14-3-10-18-19(11-14)26-20(25-18)13-1-6-16(7-2-13)23-12-27/h1-12H,(H,23,27)(H,24,28)(H,25,26). The van der Waals surface area contributed by atoms with Crippen LogP contribution in [0.2, 0.25) is 0 Å². The van der Waals surface area contributed by atoms with Crippen molar-refractivity contribution < 1.29 is 14.0 Å². The van der Waals surface area contributed by atoms with E-state index in [4.69, 9.17) is 0 Å². The molecule has 0 saturated carbocycles. The molecule has 0 bridgehead atoms. The molecule has 3 aromatic carbocycles. The Morgan fingerprint density at radius 3 is 2.39 bits per heavy atom. The van der Waals surface area contributed by atoms with E-state index in [0.29, 0.717) is 29.2 Å². The Labute approximate surface area is 159 Å². The van der Waals surface area contributed by atoms with E-state index in [1.54, 1.807) is 30.3 Å². The largest absolute Gasteiger partial charge is 0.338 e. The molecular formula is C21H15FN4O2. The summed E-state index contributed by atoms with van der Waals surface area (Å²) in [6, 6.07) is 18.0. The van der Waals surface area contributed by atoms with Gasteiger partial charge in [0.25, 0.3) is 5.91 Å². The second-order valence-corrected chi connectivity index (χ2v) is 6.12. The van der Waals surface area contributed by atoms with Crippen LogP contribution in [-0.2, 0) is 4.79 Å². The highest BCUT2D eigenvalue weighted by Crippen LogP contribution is 2.23. The first-order valence-electron chi connectivity index (χ1n) is 8.50. The molecule has 1 heterocycles. The lowest BCUT2D eigenvalue weighted by atomic mass is 10.2. The van der Waals surface area contributed by atoms with Gasteiger partial charge in [0.2, 0.25) is 6.41 Å². The molecule has 0 aliphatic carbocycles. The van der Waals surface area contributed by atoms with Gasteiger partial charge in [0.05, 0.1) is 11.0 Å². The Balaban J connectivity index is 1.58. The van der Waals surface area contributed by atoms with E-state index < -0.39 is 0 Å². The maximum Gasteiger partial charge on any atom is 0.255 e. The molecule has 0 radical (unpaired) electrons. The zero-order valence-electron chi connectivity index (χ0n) is 14.6. The fourth-order valence-electron chi connectivity index (χ4n) is 2.82. The van der Waals surface area contributed by atoms with Gasteiger partial charge in [0.1, 0.15) is 11.6 Å². The lowest BCUT2D eigenvalue weighted by molar-refractivity contribution is -0.105. The van der Waals surface area contributed by atoms with Gasteiger partial charge in [0, 0.05) is 22.5 Å². The lowest BCUT2D eigenvalue weighted by Crippen LogP contribution is -2.11. The third kappa shape index (κ3) is 3.59. The summed E-state index contributed by atoms with van der Waals surface area (Å²) < 4.78 is 13.0. The van der Waals surface area contributed by atoms with Gasteiger partial charge in [-0.25, -0.2) is 9.37 Å². The van der Waals surface area contributed by atoms with Crippen LogP contribution >= 0.6 is 0 Å². The number of imidazole rings is 1. The van der Waals surface area contributed by atoms with Crippen molar-refractivity contribution in [3.8, 4) is 11.4 Å². The summed E-state index contributed by atoms with van der Waals surface area (Å²) in [6.45, 7) is 0. The zero-order chi connectivity index (χ0) is 19.5. The topological polar surface area (TPSA) is 86.9 Å². The predicted molar refractivity (Wildman–Crippen MR) is 106 cm³/mol. The number of benzene rings is 3. The number of hydrogen-bond donors (Lipinski definition) is 3. The van der Waals surface area contributed by atoms with Crippen molar-refractivity contribution in [2.24, 2.45) is 0 Å². The van der Waals surface area contributed by atoms with E-state index >= 15 is 0 Å². The summed E-state index contributed by atoms with van der Waals surface area (Å²) in [5.74, 6) is -0.00271. The summed E-state index contributed by atoms with van der Waals surface area (Å²) in [5, 5.41) is 5.31. The number of carbonyl (C=O) groups excluding carboxylic acids is 2. The summed E-state index contributed by atoms with van der Waals surface area (Å²) >= 11 is 0. The first-order valence-corrected chi connectivity index (χ1v) is 8.50. The van der Waals surface area contributed by atoms with Gasteiger partial charge in [-0.05, 0) is 66.7 Å². The molecule has 0 aliphatic rings. The number of carbonyl (C=O) groups is 2. The van der Waals surface area contributed by atoms with Crippen LogP contribution in [0.5, 0.6) is 0 Å². The minimum Gasteiger partial charge on any atom is -0.338 e. The quantitative estimate of drug-likeness (QED) is 0.458. The molecule has 138 valence electrons. The third-order valence-corrected chi connectivity index (χ3v) is 4.23. The van der Waals surface area contributed by atoms with Crippen molar-refractivity contribution in [2.75, 3.05) is 10.6 Å². The molecule has 6 nitrogen and oxygen atoms in total. The Morgan fingerprint density at radius 1 is 0.964 bits per heavy atom. The Morgan fingerprint density at radius 2 is 1.68 bits per heavy atom. The van der Waals surface area contributed by atoms with Crippen molar-refractivity contribution in [2.45, 2.75) is 0 Å². The van der Waals surface area contributed by atoms with E-state index in [0.717, 1.165) is 16.6 Å². The molecule has 28 heavy (non-hydrogen) atoms. The average Bonchev–Trinajstić information content (AvgIpc) is 3.14. The molecule has 0 atom stereocenters. The van der Waals surface area contributed by atoms with Crippen LogP contribution in [-0.4, -0.2) is 22.3 Å². The van der Waals surface area contributed by atoms with Crippen LogP contribution in [0.3, 0.4) is 0 Å². The Bertz CT molecular complexity index is 1150. The van der Waals surface area contributed by atoms with Crippen LogP contribution in [0.15, 0.2) is 66.7 Å². The number of anilines is 2. The van der Waals surface area contributed by atoms with Crippen molar-refractivity contribution >= 4 is 34.7 Å². The molecule has 1 aromatic heterocycles. The minimum absolute atomic E-state index is 0.297. The molecule has 0 aliphatic heterocycles. The first kappa shape index (κ1) is 17.4. The van der Waals surface area contributed by atoms with Crippen LogP contribution < -0.4 is 10.6 Å². The molecule has 0 spiro atoms. The van der Waals surface area contributed by atoms with Crippen LogP contribution in [0.1, 0.15) is 10.4 Å². The molecule has 3 N–H and O–H groups in total. The van der Waals surface area contributed by atoms with Crippen molar-refractivity contribution in [1.29, 1.82) is 0 Å². The minimum atomic E-state index is -0.362. The third-order valence-electron chi connectivity index (χ3n) is 4.23. The summed E-state index contributed by atoms with van der Waals surface area (Å²) in [6.07, 6.45) is 0.620. The zero-order valence-corrected chi connectivity index (χ0v) is 14.6. The molecule has 0 saturated heterocycles. The monoisotopic (exact) mass is 374 g/mol. The number of aromatic nitrogens is 2. The summed E-state index contributed by atoms with van der Waals surface area (Å²) in [5.41, 5.74) is 3.96. The smallest absolute Gasteiger partial charge is 0.255 e. The molecular weight excluding hydrogens is 359 g/mol. The van der Waals surface area contributed by atoms with E-state index in [1.165, 1.54) is 24.3 Å². The Hall–Kier alpha value is -4.00. The molecule has 4 aromatic rings. The van der Waals surface area contributed by atoms with Crippen molar-refractivity contribution in [3.05, 3.63) is 78.1 Å². The SMILES string of the molecule is O=CNc1ccc(-c2nc3ccc(C(=O)Nc4ccc(F)cc4)cc3[nH]2)cc1. The first-order chi connectivity index (χ1) is 13.6. The normalized spacial score (nSPS) is 10.6. The molecule has 0 unspecified atom stereocenters. The summed E-state index contributed by atoms with van der Waals surface area (Å²) in [4.78, 5) is 30.7. The number of rotatable bonds is 5. The van der Waals surface area contributed by atoms with Gasteiger partial charge in [-0.2, -0.15) is 0 Å². The molecule has 7 heteroatoms. The van der Waals surface area contributed by atoms with Crippen molar-refractivity contribution in [1.82, 2.24) is 9.97 Å². The van der Waals surface area contributed by atoms with Gasteiger partial charge in [0.15, 0.2) is 0 Å². The predicted octanol–water partition coefficient (Wildman–Crippen LogP) is 4.19. The fourth-order valence-corrected chi connectivity index (χ4v) is 2.82. The maximum absolute atomic E-state index is 13.0. The number of hydrogen-bond acceptors (Lipinski definition) is 3. The highest BCUT2D eigenvalue weighted by Gasteiger charge is 2.10. The number of H-pyrrole nitrogens is 1. The number of fused-ring (bicyclic) bond motifs is 1. The number of amides is 2.